The molecule has 0 atom stereocenters. The molecule has 19 rings (SSSR count). The van der Waals surface area contributed by atoms with E-state index in [1.807, 2.05) is 43.0 Å². The van der Waals surface area contributed by atoms with Gasteiger partial charge in [0.1, 0.15) is 16.6 Å². The summed E-state index contributed by atoms with van der Waals surface area (Å²) >= 11 is 7.72. The van der Waals surface area contributed by atoms with Gasteiger partial charge >= 0.3 is 0 Å². The van der Waals surface area contributed by atoms with Crippen molar-refractivity contribution in [2.24, 2.45) is 0 Å². The second-order valence-electron chi connectivity index (χ2n) is 21.8. The Morgan fingerprint density at radius 2 is 0.852 bits per heavy atom. The van der Waals surface area contributed by atoms with Crippen LogP contribution in [0.25, 0.3) is 149 Å². The molecule has 0 amide bonds. The van der Waals surface area contributed by atoms with Gasteiger partial charge in [-0.2, -0.15) is 0 Å². The summed E-state index contributed by atoms with van der Waals surface area (Å²) in [7, 11) is 0. The van der Waals surface area contributed by atoms with E-state index in [9.17, 15) is 0 Å². The van der Waals surface area contributed by atoms with Gasteiger partial charge in [-0.3, -0.25) is 9.38 Å². The van der Waals surface area contributed by atoms with Crippen molar-refractivity contribution in [3.8, 4) is 34.1 Å². The van der Waals surface area contributed by atoms with E-state index in [-0.39, 0.29) is 0 Å². The second-order valence-corrected chi connectivity index (χ2v) is 23.3. The summed E-state index contributed by atoms with van der Waals surface area (Å²) in [6.07, 6.45) is 11.1. The van der Waals surface area contributed by atoms with Gasteiger partial charge in [-0.15, -0.1) is 0 Å². The maximum Gasteiger partial charge on any atom is 0.145 e. The van der Waals surface area contributed by atoms with Gasteiger partial charge in [0, 0.05) is 119 Å². The van der Waals surface area contributed by atoms with Gasteiger partial charge in [0.15, 0.2) is 0 Å². The standard InChI is InChI=1S/C38H23N5.C33H22N4.C5H3ClIN/c1-3-10-24(11-4-1)42-32-18-17-27-26-14-7-8-15-31(26)43(25-12-5-2-6-13-25)37(27)35(32)30-22-28-29(23-34(30)42)38-40-20-21-41(38)33-16-9-19-39-36(28)33;1-3-9-23(10-4-1)36-29-18-17-26-25-13-7-8-14-28(25)37(24-11-5-2-6-12-24)32(26)31(29)27-16-15-22(21-30(27)36)33-34-19-20-35-33;6-5-4(7)2-1-3-8-5/h1-23H;1-21H,(H,34,35);1-3H. The molecule has 0 aliphatic carbocycles. The third kappa shape index (κ3) is 8.15. The van der Waals surface area contributed by atoms with Crippen LogP contribution in [-0.4, -0.2) is 47.6 Å². The Balaban J connectivity index is 0.000000122. The lowest BCUT2D eigenvalue weighted by Crippen LogP contribution is -1.95. The van der Waals surface area contributed by atoms with Gasteiger partial charge < -0.3 is 23.3 Å². The van der Waals surface area contributed by atoms with Crippen molar-refractivity contribution in [3.05, 3.63) is 295 Å². The van der Waals surface area contributed by atoms with Crippen molar-refractivity contribution in [3.63, 3.8) is 0 Å². The number of nitrogens with zero attached hydrogens (tertiary/aromatic N) is 9. The van der Waals surface area contributed by atoms with Gasteiger partial charge in [-0.1, -0.05) is 145 Å². The fourth-order valence-corrected chi connectivity index (χ4v) is 13.8. The van der Waals surface area contributed by atoms with Gasteiger partial charge in [-0.25, -0.2) is 15.0 Å². The van der Waals surface area contributed by atoms with E-state index < -0.39 is 0 Å². The van der Waals surface area contributed by atoms with Crippen molar-refractivity contribution in [1.29, 1.82) is 0 Å². The number of hydrogen-bond acceptors (Lipinski definition) is 4. The summed E-state index contributed by atoms with van der Waals surface area (Å²) in [6.45, 7) is 0. The monoisotopic (exact) mass is 1260 g/mol. The van der Waals surface area contributed by atoms with Crippen molar-refractivity contribution >= 4 is 149 Å². The molecule has 0 spiro atoms. The lowest BCUT2D eigenvalue weighted by atomic mass is 10.0. The molecule has 0 aliphatic heterocycles. The highest BCUT2D eigenvalue weighted by molar-refractivity contribution is 14.1. The number of fused-ring (bicyclic) bond motifs is 20. The first kappa shape index (κ1) is 51.6. The zero-order valence-corrected chi connectivity index (χ0v) is 49.8. The van der Waals surface area contributed by atoms with Crippen LogP contribution in [0.5, 0.6) is 0 Å². The fraction of sp³-hybridized carbons (Fsp3) is 0. The van der Waals surface area contributed by atoms with Gasteiger partial charge in [0.05, 0.1) is 58.7 Å². The second kappa shape index (κ2) is 21.0. The molecule has 19 aromatic rings. The third-order valence-electron chi connectivity index (χ3n) is 17.0. The highest BCUT2D eigenvalue weighted by Crippen LogP contribution is 2.46. The van der Waals surface area contributed by atoms with E-state index in [0.717, 1.165) is 76.2 Å². The number of aromatic nitrogens is 10. The van der Waals surface area contributed by atoms with E-state index in [0.29, 0.717) is 5.15 Å². The Bertz CT molecular complexity index is 5870. The molecule has 0 saturated heterocycles. The number of H-pyrrole nitrogens is 1. The summed E-state index contributed by atoms with van der Waals surface area (Å²) in [5.74, 6) is 0.871. The zero-order chi connectivity index (χ0) is 58.4. The highest BCUT2D eigenvalue weighted by Gasteiger charge is 2.25. The molecule has 0 fully saturated rings. The normalized spacial score (nSPS) is 11.8. The summed E-state index contributed by atoms with van der Waals surface area (Å²) in [6, 6.07) is 88.5. The molecule has 1 N–H and O–H groups in total. The molecule has 10 nitrogen and oxygen atoms in total. The van der Waals surface area contributed by atoms with Crippen molar-refractivity contribution < 1.29 is 0 Å². The Kier molecular flexibility index (Phi) is 12.3. The van der Waals surface area contributed by atoms with E-state index in [1.54, 1.807) is 12.4 Å². The Labute approximate surface area is 521 Å². The third-order valence-corrected chi connectivity index (χ3v) is 18.5. The summed E-state index contributed by atoms with van der Waals surface area (Å²) in [5, 5.41) is 12.7. The van der Waals surface area contributed by atoms with Gasteiger partial charge in [0.2, 0.25) is 0 Å². The molecule has 0 radical (unpaired) electrons. The lowest BCUT2D eigenvalue weighted by molar-refractivity contribution is 1.17. The Hall–Kier alpha value is -10.9. The van der Waals surface area contributed by atoms with Crippen LogP contribution in [0.2, 0.25) is 5.15 Å². The van der Waals surface area contributed by atoms with Gasteiger partial charge in [-0.05, 0) is 138 Å². The van der Waals surface area contributed by atoms with Crippen LogP contribution in [0.15, 0.2) is 286 Å². The molecule has 10 aromatic carbocycles. The smallest absolute Gasteiger partial charge is 0.145 e. The van der Waals surface area contributed by atoms with Crippen LogP contribution in [0.3, 0.4) is 0 Å². The topological polar surface area (TPSA) is 91.5 Å². The van der Waals surface area contributed by atoms with Crippen LogP contribution in [-0.2, 0) is 0 Å². The average molecular weight is 1260 g/mol. The minimum absolute atomic E-state index is 0.577. The van der Waals surface area contributed by atoms with Crippen molar-refractivity contribution in [1.82, 2.24) is 47.6 Å². The number of nitrogens with one attached hydrogen (secondary N) is 1. The van der Waals surface area contributed by atoms with E-state index >= 15 is 0 Å². The first-order chi connectivity index (χ1) is 43.6. The number of rotatable bonds is 5. The Morgan fingerprint density at radius 3 is 1.41 bits per heavy atom. The van der Waals surface area contributed by atoms with Crippen molar-refractivity contribution in [2.45, 2.75) is 0 Å². The molecule has 88 heavy (non-hydrogen) atoms. The van der Waals surface area contributed by atoms with Gasteiger partial charge in [0.25, 0.3) is 0 Å². The van der Waals surface area contributed by atoms with Crippen LogP contribution >= 0.6 is 34.2 Å². The number of halogens is 2. The Morgan fingerprint density at radius 1 is 0.341 bits per heavy atom. The minimum atomic E-state index is 0.577. The van der Waals surface area contributed by atoms with Crippen LogP contribution in [0, 0.1) is 3.57 Å². The fourth-order valence-electron chi connectivity index (χ4n) is 13.4. The van der Waals surface area contributed by atoms with E-state index in [2.05, 4.69) is 291 Å². The molecule has 0 saturated carbocycles. The molecule has 0 unspecified atom stereocenters. The predicted molar refractivity (Wildman–Crippen MR) is 371 cm³/mol. The first-order valence-electron chi connectivity index (χ1n) is 29.1. The molecular formula is C76H48ClIN10. The molecule has 12 heteroatoms. The maximum absolute atomic E-state index is 5.59. The van der Waals surface area contributed by atoms with E-state index in [4.69, 9.17) is 21.6 Å². The average Bonchev–Trinajstić information content (AvgIpc) is 1.57. The summed E-state index contributed by atoms with van der Waals surface area (Å²) in [4.78, 5) is 21.3. The largest absolute Gasteiger partial charge is 0.345 e. The first-order valence-corrected chi connectivity index (χ1v) is 30.5. The quantitative estimate of drug-likeness (QED) is 0.106. The number of benzene rings is 10. The molecule has 0 aliphatic rings. The molecule has 0 bridgehead atoms. The maximum atomic E-state index is 5.59. The molecule has 9 heterocycles. The number of aromatic amines is 1. The number of para-hydroxylation sites is 6. The van der Waals surface area contributed by atoms with Crippen LogP contribution in [0.1, 0.15) is 0 Å². The zero-order valence-electron chi connectivity index (χ0n) is 46.9. The number of hydrogen-bond donors (Lipinski definition) is 1. The highest BCUT2D eigenvalue weighted by atomic mass is 127. The molecule has 416 valence electrons. The molecular weight excluding hydrogens is 1220 g/mol. The van der Waals surface area contributed by atoms with Crippen molar-refractivity contribution in [2.75, 3.05) is 0 Å². The SMILES string of the molecule is Clc1ncccc1I.c1ccc(-n2c3cc(-c4ncc[nH]4)ccc3c3c2ccc2c4ccccc4n(-c4ccccc4)c23)cc1.c1ccc(-n2c3cc4c(cc3c3c2ccc2c5ccccc5n(-c5ccccc5)c23)c2ncccc2n2ccnc42)cc1. The van der Waals surface area contributed by atoms with Crippen LogP contribution < -0.4 is 0 Å². The number of imidazole rings is 2. The minimum Gasteiger partial charge on any atom is -0.345 e. The van der Waals surface area contributed by atoms with E-state index in [1.165, 1.54) is 76.2 Å². The lowest BCUT2D eigenvalue weighted by Gasteiger charge is -2.10. The predicted octanol–water partition coefficient (Wildman–Crippen LogP) is 19.8. The summed E-state index contributed by atoms with van der Waals surface area (Å²) in [5.41, 5.74) is 18.1. The molecule has 9 aromatic heterocycles. The summed E-state index contributed by atoms with van der Waals surface area (Å²) < 4.78 is 12.8. The van der Waals surface area contributed by atoms with Crippen LogP contribution in [0.4, 0.5) is 0 Å². The number of pyridine rings is 3.